The SMILES string of the molecule is COC(=O)CCC(C(=O)OC)N1C(=O)CSC1=S. The molecule has 1 amide bonds. The third-order valence-electron chi connectivity index (χ3n) is 2.42. The molecule has 1 fully saturated rings. The first-order chi connectivity index (χ1) is 8.51. The van der Waals surface area contributed by atoms with Gasteiger partial charge in [-0.1, -0.05) is 24.0 Å². The van der Waals surface area contributed by atoms with Gasteiger partial charge < -0.3 is 9.47 Å². The van der Waals surface area contributed by atoms with Gasteiger partial charge in [-0.05, 0) is 6.42 Å². The number of nitrogens with zero attached hydrogens (tertiary/aromatic N) is 1. The molecule has 1 aliphatic rings. The fourth-order valence-corrected chi connectivity index (χ4v) is 2.67. The summed E-state index contributed by atoms with van der Waals surface area (Å²) in [4.78, 5) is 35.6. The highest BCUT2D eigenvalue weighted by molar-refractivity contribution is 8.23. The summed E-state index contributed by atoms with van der Waals surface area (Å²) < 4.78 is 9.46. The van der Waals surface area contributed by atoms with Crippen LogP contribution in [0.1, 0.15) is 12.8 Å². The van der Waals surface area contributed by atoms with Crippen LogP contribution in [0.3, 0.4) is 0 Å². The Labute approximate surface area is 114 Å². The predicted molar refractivity (Wildman–Crippen MR) is 69.0 cm³/mol. The van der Waals surface area contributed by atoms with Crippen molar-refractivity contribution in [2.75, 3.05) is 20.0 Å². The van der Waals surface area contributed by atoms with Crippen molar-refractivity contribution in [2.45, 2.75) is 18.9 Å². The zero-order chi connectivity index (χ0) is 13.7. The van der Waals surface area contributed by atoms with Crippen LogP contribution in [-0.4, -0.2) is 53.1 Å². The Morgan fingerprint density at radius 1 is 1.44 bits per heavy atom. The molecule has 1 rings (SSSR count). The lowest BCUT2D eigenvalue weighted by Gasteiger charge is -2.24. The first-order valence-electron chi connectivity index (χ1n) is 5.14. The van der Waals surface area contributed by atoms with Crippen LogP contribution in [-0.2, 0) is 23.9 Å². The van der Waals surface area contributed by atoms with E-state index >= 15 is 0 Å². The molecule has 0 spiro atoms. The molecule has 6 nitrogen and oxygen atoms in total. The van der Waals surface area contributed by atoms with Gasteiger partial charge in [-0.25, -0.2) is 4.79 Å². The van der Waals surface area contributed by atoms with Crippen LogP contribution >= 0.6 is 24.0 Å². The Bertz CT molecular complexity index is 368. The number of carbonyl (C=O) groups excluding carboxylic acids is 3. The van der Waals surface area contributed by atoms with Gasteiger partial charge in [0.2, 0.25) is 5.91 Å². The van der Waals surface area contributed by atoms with Crippen LogP contribution in [0.5, 0.6) is 0 Å². The first kappa shape index (κ1) is 14.9. The lowest BCUT2D eigenvalue weighted by molar-refractivity contribution is -0.150. The van der Waals surface area contributed by atoms with Crippen LogP contribution in [0.15, 0.2) is 0 Å². The van der Waals surface area contributed by atoms with E-state index in [1.54, 1.807) is 0 Å². The van der Waals surface area contributed by atoms with Crippen molar-refractivity contribution < 1.29 is 23.9 Å². The van der Waals surface area contributed by atoms with Gasteiger partial charge in [0.15, 0.2) is 0 Å². The van der Waals surface area contributed by atoms with Gasteiger partial charge in [0.25, 0.3) is 0 Å². The number of carbonyl (C=O) groups is 3. The summed E-state index contributed by atoms with van der Waals surface area (Å²) >= 11 is 6.21. The molecular weight excluding hydrogens is 278 g/mol. The zero-order valence-corrected chi connectivity index (χ0v) is 11.6. The molecule has 18 heavy (non-hydrogen) atoms. The highest BCUT2D eigenvalue weighted by atomic mass is 32.2. The van der Waals surface area contributed by atoms with Gasteiger partial charge in [-0.3, -0.25) is 14.5 Å². The molecule has 0 radical (unpaired) electrons. The van der Waals surface area contributed by atoms with E-state index in [0.29, 0.717) is 4.32 Å². The van der Waals surface area contributed by atoms with Gasteiger partial charge in [-0.15, -0.1) is 0 Å². The van der Waals surface area contributed by atoms with Crippen LogP contribution in [0.25, 0.3) is 0 Å². The van der Waals surface area contributed by atoms with Crippen molar-refractivity contribution in [2.24, 2.45) is 0 Å². The molecule has 1 aliphatic heterocycles. The predicted octanol–water partition coefficient (Wildman–Crippen LogP) is 0.341. The molecule has 0 bridgehead atoms. The number of amides is 1. The number of hydrogen-bond donors (Lipinski definition) is 0. The normalized spacial score (nSPS) is 16.7. The number of thioether (sulfide) groups is 1. The van der Waals surface area contributed by atoms with Crippen molar-refractivity contribution >= 4 is 46.1 Å². The number of rotatable bonds is 5. The number of ether oxygens (including phenoxy) is 2. The van der Waals surface area contributed by atoms with Crippen molar-refractivity contribution in [1.82, 2.24) is 4.90 Å². The number of methoxy groups -OCH3 is 2. The maximum absolute atomic E-state index is 11.7. The Balaban J connectivity index is 2.78. The molecule has 8 heteroatoms. The van der Waals surface area contributed by atoms with E-state index < -0.39 is 18.0 Å². The maximum atomic E-state index is 11.7. The molecule has 0 aromatic carbocycles. The molecule has 100 valence electrons. The van der Waals surface area contributed by atoms with Gasteiger partial charge >= 0.3 is 11.9 Å². The molecule has 0 aromatic heterocycles. The van der Waals surface area contributed by atoms with Crippen LogP contribution in [0.2, 0.25) is 0 Å². The molecule has 0 aliphatic carbocycles. The summed E-state index contributed by atoms with van der Waals surface area (Å²) in [7, 11) is 2.49. The van der Waals surface area contributed by atoms with Crippen LogP contribution < -0.4 is 0 Å². The van der Waals surface area contributed by atoms with E-state index in [1.807, 2.05) is 0 Å². The fraction of sp³-hybridized carbons (Fsp3) is 0.600. The van der Waals surface area contributed by atoms with Gasteiger partial charge in [0.1, 0.15) is 10.4 Å². The fourth-order valence-electron chi connectivity index (χ4n) is 1.51. The lowest BCUT2D eigenvalue weighted by atomic mass is 10.1. The molecule has 1 saturated heterocycles. The minimum absolute atomic E-state index is 0.0212. The minimum atomic E-state index is -0.857. The third kappa shape index (κ3) is 3.42. The summed E-state index contributed by atoms with van der Waals surface area (Å²) in [5.74, 6) is -1.07. The molecule has 0 saturated carbocycles. The molecule has 1 heterocycles. The van der Waals surface area contributed by atoms with Crippen LogP contribution in [0, 0.1) is 0 Å². The summed E-state index contributed by atoms with van der Waals surface area (Å²) in [5, 5.41) is 0. The average molecular weight is 291 g/mol. The standard InChI is InChI=1S/C10H13NO5S2/c1-15-8(13)4-3-6(9(14)16-2)11-7(12)5-18-10(11)17/h6H,3-5H2,1-2H3. The molecule has 1 unspecified atom stereocenters. The topological polar surface area (TPSA) is 72.9 Å². The largest absolute Gasteiger partial charge is 0.469 e. The lowest BCUT2D eigenvalue weighted by Crippen LogP contribution is -2.45. The number of thiocarbonyl (C=S) groups is 1. The Hall–Kier alpha value is -1.15. The van der Waals surface area contributed by atoms with E-state index in [4.69, 9.17) is 12.2 Å². The second kappa shape index (κ2) is 6.69. The van der Waals surface area contributed by atoms with E-state index in [0.717, 1.165) is 0 Å². The highest BCUT2D eigenvalue weighted by Gasteiger charge is 2.37. The molecule has 0 N–H and O–H groups in total. The van der Waals surface area contributed by atoms with Crippen molar-refractivity contribution in [3.8, 4) is 0 Å². The second-order valence-electron chi connectivity index (χ2n) is 3.47. The van der Waals surface area contributed by atoms with Crippen LogP contribution in [0.4, 0.5) is 0 Å². The Morgan fingerprint density at radius 3 is 2.56 bits per heavy atom. The first-order valence-corrected chi connectivity index (χ1v) is 6.54. The molecule has 1 atom stereocenters. The monoisotopic (exact) mass is 291 g/mol. The molecule has 0 aromatic rings. The summed E-state index contributed by atoms with van der Waals surface area (Å²) in [6, 6.07) is -0.857. The summed E-state index contributed by atoms with van der Waals surface area (Å²) in [6.45, 7) is 0. The number of hydrogen-bond acceptors (Lipinski definition) is 7. The van der Waals surface area contributed by atoms with Crippen molar-refractivity contribution in [3.63, 3.8) is 0 Å². The van der Waals surface area contributed by atoms with E-state index in [-0.39, 0.29) is 24.5 Å². The van der Waals surface area contributed by atoms with Crippen molar-refractivity contribution in [1.29, 1.82) is 0 Å². The second-order valence-corrected chi connectivity index (χ2v) is 5.08. The zero-order valence-electron chi connectivity index (χ0n) is 10.0. The van der Waals surface area contributed by atoms with Gasteiger partial charge in [0.05, 0.1) is 20.0 Å². The van der Waals surface area contributed by atoms with E-state index in [9.17, 15) is 14.4 Å². The Kier molecular flexibility index (Phi) is 5.54. The molecular formula is C10H13NO5S2. The van der Waals surface area contributed by atoms with Crippen molar-refractivity contribution in [3.05, 3.63) is 0 Å². The average Bonchev–Trinajstić information content (AvgIpc) is 2.69. The Morgan fingerprint density at radius 2 is 2.11 bits per heavy atom. The quantitative estimate of drug-likeness (QED) is 0.534. The van der Waals surface area contributed by atoms with Gasteiger partial charge in [0, 0.05) is 6.42 Å². The number of esters is 2. The maximum Gasteiger partial charge on any atom is 0.329 e. The highest BCUT2D eigenvalue weighted by Crippen LogP contribution is 2.24. The van der Waals surface area contributed by atoms with E-state index in [2.05, 4.69) is 9.47 Å². The summed E-state index contributed by atoms with van der Waals surface area (Å²) in [6.07, 6.45) is 0.152. The smallest absolute Gasteiger partial charge is 0.329 e. The summed E-state index contributed by atoms with van der Waals surface area (Å²) in [5.41, 5.74) is 0. The minimum Gasteiger partial charge on any atom is -0.469 e. The third-order valence-corrected chi connectivity index (χ3v) is 3.80. The van der Waals surface area contributed by atoms with Gasteiger partial charge in [-0.2, -0.15) is 0 Å². The van der Waals surface area contributed by atoms with E-state index in [1.165, 1.54) is 30.9 Å².